The van der Waals surface area contributed by atoms with Gasteiger partial charge in [0.15, 0.2) is 5.82 Å². The van der Waals surface area contributed by atoms with Gasteiger partial charge in [0.05, 0.1) is 6.04 Å². The molecule has 1 amide bonds. The normalized spacial score (nSPS) is 13.4. The number of carbonyl (C=O) groups excluding carboxylic acids is 1. The molecule has 2 aromatic carbocycles. The fraction of sp³-hybridized carbons (Fsp3) is 0.143. The zero-order valence-corrected chi connectivity index (χ0v) is 15.1. The third kappa shape index (κ3) is 3.18. The Morgan fingerprint density at radius 1 is 1.00 bits per heavy atom. The van der Waals surface area contributed by atoms with Gasteiger partial charge in [0.25, 0.3) is 5.91 Å². The molecule has 0 radical (unpaired) electrons. The average Bonchev–Trinajstić information content (AvgIpc) is 3.21. The number of carbonyl (C=O) groups is 1. The second-order valence-electron chi connectivity index (χ2n) is 6.85. The van der Waals surface area contributed by atoms with Gasteiger partial charge in [0.2, 0.25) is 0 Å². The van der Waals surface area contributed by atoms with Crippen LogP contribution >= 0.6 is 0 Å². The van der Waals surface area contributed by atoms with Crippen molar-refractivity contribution < 1.29 is 4.79 Å². The molecule has 1 N–H and O–H groups in total. The first-order chi connectivity index (χ1) is 13.8. The van der Waals surface area contributed by atoms with E-state index in [1.807, 2.05) is 76.2 Å². The molecule has 138 valence electrons. The van der Waals surface area contributed by atoms with E-state index in [-0.39, 0.29) is 5.91 Å². The van der Waals surface area contributed by atoms with Gasteiger partial charge in [-0.2, -0.15) is 0 Å². The standard InChI is InChI=1S/C21H18N6O/c28-21(16-6-4-8-19(14-16)26-11-1-2-12-26)22-17-7-3-5-15(13-17)20-23-24-25-27(20)18-9-10-18/h1-8,11-14,18H,9-10H2,(H,22,28). The maximum absolute atomic E-state index is 12.8. The molecule has 0 saturated heterocycles. The molecule has 0 bridgehead atoms. The molecular formula is C21H18N6O. The number of benzene rings is 2. The SMILES string of the molecule is O=C(Nc1cccc(-c2nnnn2C2CC2)c1)c1cccc(-n2cccc2)c1. The number of hydrogen-bond acceptors (Lipinski definition) is 4. The monoisotopic (exact) mass is 370 g/mol. The lowest BCUT2D eigenvalue weighted by Gasteiger charge is -2.09. The molecular weight excluding hydrogens is 352 g/mol. The minimum absolute atomic E-state index is 0.159. The Hall–Kier alpha value is -3.74. The third-order valence-electron chi connectivity index (χ3n) is 4.78. The highest BCUT2D eigenvalue weighted by atomic mass is 16.1. The van der Waals surface area contributed by atoms with Gasteiger partial charge in [-0.05, 0) is 65.7 Å². The van der Waals surface area contributed by atoms with Gasteiger partial charge in [0, 0.05) is 34.9 Å². The number of nitrogens with one attached hydrogen (secondary N) is 1. The summed E-state index contributed by atoms with van der Waals surface area (Å²) in [6, 6.07) is 19.4. The van der Waals surface area contributed by atoms with E-state index in [1.165, 1.54) is 0 Å². The molecule has 0 atom stereocenters. The fourth-order valence-electron chi connectivity index (χ4n) is 3.20. The molecule has 7 heteroatoms. The molecule has 0 unspecified atom stereocenters. The van der Waals surface area contributed by atoms with Crippen molar-refractivity contribution in [1.82, 2.24) is 24.8 Å². The van der Waals surface area contributed by atoms with Crippen LogP contribution in [0.25, 0.3) is 17.1 Å². The third-order valence-corrected chi connectivity index (χ3v) is 4.78. The van der Waals surface area contributed by atoms with Crippen molar-refractivity contribution >= 4 is 11.6 Å². The van der Waals surface area contributed by atoms with Gasteiger partial charge in [-0.15, -0.1) is 5.10 Å². The Kier molecular flexibility index (Phi) is 3.97. The molecule has 0 spiro atoms. The van der Waals surface area contributed by atoms with Gasteiger partial charge in [-0.25, -0.2) is 4.68 Å². The van der Waals surface area contributed by atoms with Crippen LogP contribution in [0.3, 0.4) is 0 Å². The van der Waals surface area contributed by atoms with Crippen LogP contribution in [-0.4, -0.2) is 30.7 Å². The minimum atomic E-state index is -0.159. The summed E-state index contributed by atoms with van der Waals surface area (Å²) in [6.45, 7) is 0. The molecule has 1 aliphatic rings. The number of aromatic nitrogens is 5. The number of anilines is 1. The van der Waals surface area contributed by atoms with E-state index < -0.39 is 0 Å². The Labute approximate surface area is 161 Å². The first-order valence-electron chi connectivity index (χ1n) is 9.21. The largest absolute Gasteiger partial charge is 0.324 e. The van der Waals surface area contributed by atoms with Gasteiger partial charge >= 0.3 is 0 Å². The molecule has 1 saturated carbocycles. The predicted octanol–water partition coefficient (Wildman–Crippen LogP) is 3.72. The molecule has 2 heterocycles. The Bertz CT molecular complexity index is 1130. The summed E-state index contributed by atoms with van der Waals surface area (Å²) in [7, 11) is 0. The molecule has 5 rings (SSSR count). The van der Waals surface area contributed by atoms with Gasteiger partial charge in [-0.1, -0.05) is 18.2 Å². The van der Waals surface area contributed by atoms with Crippen molar-refractivity contribution in [3.8, 4) is 17.1 Å². The van der Waals surface area contributed by atoms with Crippen LogP contribution in [0.5, 0.6) is 0 Å². The van der Waals surface area contributed by atoms with E-state index in [4.69, 9.17) is 0 Å². The lowest BCUT2D eigenvalue weighted by molar-refractivity contribution is 0.102. The van der Waals surface area contributed by atoms with Crippen LogP contribution < -0.4 is 5.32 Å². The quantitative estimate of drug-likeness (QED) is 0.581. The summed E-state index contributed by atoms with van der Waals surface area (Å²) in [5.41, 5.74) is 3.13. The number of nitrogens with zero attached hydrogens (tertiary/aromatic N) is 5. The number of rotatable bonds is 5. The average molecular weight is 370 g/mol. The molecule has 0 aliphatic heterocycles. The molecule has 2 aromatic heterocycles. The Morgan fingerprint density at radius 2 is 1.82 bits per heavy atom. The minimum Gasteiger partial charge on any atom is -0.324 e. The highest BCUT2D eigenvalue weighted by Gasteiger charge is 2.28. The first-order valence-corrected chi connectivity index (χ1v) is 9.21. The van der Waals surface area contributed by atoms with Crippen molar-refractivity contribution in [2.45, 2.75) is 18.9 Å². The molecule has 1 fully saturated rings. The zero-order valence-electron chi connectivity index (χ0n) is 15.1. The van der Waals surface area contributed by atoms with Crippen molar-refractivity contribution in [3.63, 3.8) is 0 Å². The summed E-state index contributed by atoms with van der Waals surface area (Å²) in [6.07, 6.45) is 6.10. The maximum Gasteiger partial charge on any atom is 0.255 e. The van der Waals surface area contributed by atoms with E-state index in [9.17, 15) is 4.79 Å². The first kappa shape index (κ1) is 16.4. The van der Waals surface area contributed by atoms with Crippen molar-refractivity contribution in [2.24, 2.45) is 0 Å². The zero-order chi connectivity index (χ0) is 18.9. The summed E-state index contributed by atoms with van der Waals surface area (Å²) in [5.74, 6) is 0.571. The van der Waals surface area contributed by atoms with Gasteiger partial charge in [0.1, 0.15) is 0 Å². The second kappa shape index (κ2) is 6.77. The van der Waals surface area contributed by atoms with Crippen LogP contribution in [0, 0.1) is 0 Å². The number of hydrogen-bond donors (Lipinski definition) is 1. The number of tetrazole rings is 1. The van der Waals surface area contributed by atoms with E-state index in [1.54, 1.807) is 6.07 Å². The van der Waals surface area contributed by atoms with Crippen molar-refractivity contribution in [3.05, 3.63) is 78.6 Å². The summed E-state index contributed by atoms with van der Waals surface area (Å²) < 4.78 is 3.83. The Balaban J connectivity index is 1.38. The summed E-state index contributed by atoms with van der Waals surface area (Å²) in [5, 5.41) is 15.0. The highest BCUT2D eigenvalue weighted by Crippen LogP contribution is 2.36. The molecule has 1 aliphatic carbocycles. The lowest BCUT2D eigenvalue weighted by atomic mass is 10.1. The Morgan fingerprint density at radius 3 is 2.64 bits per heavy atom. The van der Waals surface area contributed by atoms with E-state index in [0.717, 1.165) is 29.9 Å². The van der Waals surface area contributed by atoms with Gasteiger partial charge in [-0.3, -0.25) is 4.79 Å². The van der Waals surface area contributed by atoms with E-state index in [0.29, 0.717) is 17.3 Å². The lowest BCUT2D eigenvalue weighted by Crippen LogP contribution is -2.12. The topological polar surface area (TPSA) is 77.6 Å². The van der Waals surface area contributed by atoms with Crippen LogP contribution in [0.15, 0.2) is 73.1 Å². The summed E-state index contributed by atoms with van der Waals surface area (Å²) >= 11 is 0. The van der Waals surface area contributed by atoms with Crippen molar-refractivity contribution in [2.75, 3.05) is 5.32 Å². The van der Waals surface area contributed by atoms with Gasteiger partial charge < -0.3 is 9.88 Å². The number of amides is 1. The van der Waals surface area contributed by atoms with Crippen molar-refractivity contribution in [1.29, 1.82) is 0 Å². The van der Waals surface area contributed by atoms with Crippen LogP contribution in [0.1, 0.15) is 29.2 Å². The van der Waals surface area contributed by atoms with Crippen LogP contribution in [-0.2, 0) is 0 Å². The molecule has 4 aromatic rings. The smallest absolute Gasteiger partial charge is 0.255 e. The fourth-order valence-corrected chi connectivity index (χ4v) is 3.20. The highest BCUT2D eigenvalue weighted by molar-refractivity contribution is 6.04. The van der Waals surface area contributed by atoms with Crippen LogP contribution in [0.4, 0.5) is 5.69 Å². The van der Waals surface area contributed by atoms with E-state index in [2.05, 4.69) is 20.8 Å². The second-order valence-corrected chi connectivity index (χ2v) is 6.85. The summed E-state index contributed by atoms with van der Waals surface area (Å²) in [4.78, 5) is 12.8. The van der Waals surface area contributed by atoms with Crippen LogP contribution in [0.2, 0.25) is 0 Å². The van der Waals surface area contributed by atoms with E-state index >= 15 is 0 Å². The maximum atomic E-state index is 12.8. The molecule has 28 heavy (non-hydrogen) atoms. The molecule has 7 nitrogen and oxygen atoms in total. The predicted molar refractivity (Wildman–Crippen MR) is 105 cm³/mol.